The lowest BCUT2D eigenvalue weighted by Crippen LogP contribution is -2.40. The molecule has 11 heteroatoms. The van der Waals surface area contributed by atoms with Crippen molar-refractivity contribution in [3.63, 3.8) is 0 Å². The first-order valence-electron chi connectivity index (χ1n) is 11.8. The van der Waals surface area contributed by atoms with Gasteiger partial charge in [0.2, 0.25) is 0 Å². The van der Waals surface area contributed by atoms with Gasteiger partial charge in [-0.15, -0.1) is 5.10 Å². The zero-order valence-electron chi connectivity index (χ0n) is 20.2. The van der Waals surface area contributed by atoms with Crippen LogP contribution >= 0.6 is 0 Å². The van der Waals surface area contributed by atoms with Gasteiger partial charge >= 0.3 is 0 Å². The van der Waals surface area contributed by atoms with Crippen LogP contribution in [0.2, 0.25) is 0 Å². The molecule has 188 valence electrons. The number of nitrogens with one attached hydrogen (secondary N) is 1. The number of hydrazone groups is 1. The SMILES string of the molecule is COc1cccc(CNC(=O)c2cc(/C(N)=N/N(N)CC3CCC4(CC3)OCCO4)nc(C)n2)c1. The number of hydrogen-bond acceptors (Lipinski definition) is 9. The molecule has 1 spiro atoms. The van der Waals surface area contributed by atoms with Crippen molar-refractivity contribution < 1.29 is 19.0 Å². The van der Waals surface area contributed by atoms with Crippen molar-refractivity contribution in [3.8, 4) is 5.75 Å². The lowest BCUT2D eigenvalue weighted by atomic mass is 9.85. The number of hydrazine groups is 1. The summed E-state index contributed by atoms with van der Waals surface area (Å²) in [6, 6.07) is 8.99. The molecule has 1 aromatic carbocycles. The summed E-state index contributed by atoms with van der Waals surface area (Å²) in [4.78, 5) is 21.3. The Bertz CT molecular complexity index is 1060. The molecule has 11 nitrogen and oxygen atoms in total. The third-order valence-electron chi connectivity index (χ3n) is 6.28. The number of carbonyl (C=O) groups is 1. The van der Waals surface area contributed by atoms with Crippen molar-refractivity contribution in [2.75, 3.05) is 26.9 Å². The summed E-state index contributed by atoms with van der Waals surface area (Å²) in [5, 5.41) is 8.49. The number of carbonyl (C=O) groups excluding carboxylic acids is 1. The van der Waals surface area contributed by atoms with E-state index >= 15 is 0 Å². The Morgan fingerprint density at radius 3 is 2.66 bits per heavy atom. The molecule has 1 saturated carbocycles. The largest absolute Gasteiger partial charge is 0.497 e. The third-order valence-corrected chi connectivity index (χ3v) is 6.28. The Morgan fingerprint density at radius 1 is 1.23 bits per heavy atom. The van der Waals surface area contributed by atoms with Crippen LogP contribution in [0.15, 0.2) is 35.4 Å². The molecule has 1 amide bonds. The maximum absolute atomic E-state index is 12.7. The maximum Gasteiger partial charge on any atom is 0.270 e. The first-order chi connectivity index (χ1) is 16.9. The molecule has 0 unspecified atom stereocenters. The van der Waals surface area contributed by atoms with Crippen LogP contribution in [0, 0.1) is 12.8 Å². The molecule has 2 heterocycles. The second kappa shape index (κ2) is 11.0. The van der Waals surface area contributed by atoms with Crippen LogP contribution in [0.5, 0.6) is 5.75 Å². The quantitative estimate of drug-likeness (QED) is 0.219. The van der Waals surface area contributed by atoms with Gasteiger partial charge in [-0.25, -0.2) is 20.9 Å². The number of ether oxygens (including phenoxy) is 3. The Hall–Kier alpha value is -3.28. The number of nitrogens with zero attached hydrogens (tertiary/aromatic N) is 4. The fourth-order valence-corrected chi connectivity index (χ4v) is 4.45. The van der Waals surface area contributed by atoms with Gasteiger partial charge in [0.15, 0.2) is 11.6 Å². The van der Waals surface area contributed by atoms with Gasteiger partial charge in [0.05, 0.1) is 26.9 Å². The van der Waals surface area contributed by atoms with Crippen molar-refractivity contribution in [2.45, 2.75) is 44.9 Å². The van der Waals surface area contributed by atoms with E-state index in [1.807, 2.05) is 24.3 Å². The summed E-state index contributed by atoms with van der Waals surface area (Å²) in [7, 11) is 1.60. The van der Waals surface area contributed by atoms with Crippen LogP contribution in [0.25, 0.3) is 0 Å². The highest BCUT2D eigenvalue weighted by atomic mass is 16.7. The number of amidine groups is 1. The molecule has 0 radical (unpaired) electrons. The zero-order chi connectivity index (χ0) is 24.8. The lowest BCUT2D eigenvalue weighted by Gasteiger charge is -2.36. The van der Waals surface area contributed by atoms with E-state index in [1.165, 1.54) is 11.2 Å². The van der Waals surface area contributed by atoms with Gasteiger partial charge in [-0.1, -0.05) is 12.1 Å². The van der Waals surface area contributed by atoms with Crippen molar-refractivity contribution >= 4 is 11.7 Å². The number of amides is 1. The van der Waals surface area contributed by atoms with E-state index in [9.17, 15) is 4.79 Å². The number of rotatable bonds is 8. The topological polar surface area (TPSA) is 150 Å². The number of hydrogen-bond donors (Lipinski definition) is 3. The van der Waals surface area contributed by atoms with E-state index in [1.54, 1.807) is 14.0 Å². The van der Waals surface area contributed by atoms with Crippen molar-refractivity contribution in [1.82, 2.24) is 20.4 Å². The highest BCUT2D eigenvalue weighted by Crippen LogP contribution is 2.38. The monoisotopic (exact) mass is 483 g/mol. The van der Waals surface area contributed by atoms with Crippen molar-refractivity contribution in [3.05, 3.63) is 53.1 Å². The van der Waals surface area contributed by atoms with Gasteiger partial charge in [-0.05, 0) is 49.4 Å². The summed E-state index contributed by atoms with van der Waals surface area (Å²) >= 11 is 0. The van der Waals surface area contributed by atoms with Crippen LogP contribution in [0.4, 0.5) is 0 Å². The molecule has 1 aliphatic carbocycles. The predicted molar refractivity (Wildman–Crippen MR) is 129 cm³/mol. The fourth-order valence-electron chi connectivity index (χ4n) is 4.45. The Balaban J connectivity index is 1.35. The summed E-state index contributed by atoms with van der Waals surface area (Å²) < 4.78 is 16.8. The highest BCUT2D eigenvalue weighted by molar-refractivity contribution is 5.99. The number of benzene rings is 1. The first-order valence-corrected chi connectivity index (χ1v) is 11.8. The summed E-state index contributed by atoms with van der Waals surface area (Å²) in [5.74, 6) is 7.00. The predicted octanol–water partition coefficient (Wildman–Crippen LogP) is 1.45. The molecule has 2 aromatic rings. The maximum atomic E-state index is 12.7. The van der Waals surface area contributed by atoms with E-state index in [0.717, 1.165) is 37.0 Å². The molecular weight excluding hydrogens is 450 g/mol. The van der Waals surface area contributed by atoms with Crippen LogP contribution in [-0.4, -0.2) is 59.5 Å². The average Bonchev–Trinajstić information content (AvgIpc) is 3.31. The van der Waals surface area contributed by atoms with Gasteiger partial charge in [-0.3, -0.25) is 4.79 Å². The highest BCUT2D eigenvalue weighted by Gasteiger charge is 2.40. The lowest BCUT2D eigenvalue weighted by molar-refractivity contribution is -0.183. The van der Waals surface area contributed by atoms with E-state index in [0.29, 0.717) is 43.7 Å². The molecule has 5 N–H and O–H groups in total. The van der Waals surface area contributed by atoms with Gasteiger partial charge in [-0.2, -0.15) is 0 Å². The Morgan fingerprint density at radius 2 is 1.94 bits per heavy atom. The summed E-state index contributed by atoms with van der Waals surface area (Å²) in [5.41, 5.74) is 7.63. The standard InChI is InChI=1S/C24H33N7O4/c1-16-28-20(13-21(29-16)23(32)27-14-18-4-3-5-19(12-18)33-2)22(25)30-31(26)15-17-6-8-24(9-7-17)34-10-11-35-24/h3-5,12-13,17H,6-11,14-15,26H2,1-2H3,(H2,25,30)(H,27,32). The van der Waals surface area contributed by atoms with Gasteiger partial charge < -0.3 is 25.3 Å². The van der Waals surface area contributed by atoms with Crippen LogP contribution in [0.1, 0.15) is 53.3 Å². The molecule has 2 fully saturated rings. The number of methoxy groups -OCH3 is 1. The zero-order valence-corrected chi connectivity index (χ0v) is 20.2. The summed E-state index contributed by atoms with van der Waals surface area (Å²) in [6.07, 6.45) is 3.58. The minimum absolute atomic E-state index is 0.120. The van der Waals surface area contributed by atoms with E-state index in [-0.39, 0.29) is 17.4 Å². The molecule has 35 heavy (non-hydrogen) atoms. The number of aromatic nitrogens is 2. The number of aryl methyl sites for hydroxylation is 1. The fraction of sp³-hybridized carbons (Fsp3) is 0.500. The second-order valence-electron chi connectivity index (χ2n) is 8.88. The molecular formula is C24H33N7O4. The van der Waals surface area contributed by atoms with Gasteiger partial charge in [0, 0.05) is 19.4 Å². The number of nitrogens with two attached hydrogens (primary N) is 2. The van der Waals surface area contributed by atoms with Crippen LogP contribution in [0.3, 0.4) is 0 Å². The Kier molecular flexibility index (Phi) is 7.79. The molecule has 1 aromatic heterocycles. The van der Waals surface area contributed by atoms with E-state index in [4.69, 9.17) is 25.8 Å². The van der Waals surface area contributed by atoms with Gasteiger partial charge in [0.25, 0.3) is 5.91 Å². The van der Waals surface area contributed by atoms with Crippen molar-refractivity contribution in [2.24, 2.45) is 22.6 Å². The van der Waals surface area contributed by atoms with E-state index < -0.39 is 5.79 Å². The molecule has 1 aliphatic heterocycles. The van der Waals surface area contributed by atoms with Crippen LogP contribution < -0.4 is 21.6 Å². The normalized spacial score (nSPS) is 18.0. The molecule has 0 bridgehead atoms. The second-order valence-corrected chi connectivity index (χ2v) is 8.88. The molecule has 1 saturated heterocycles. The molecule has 4 rings (SSSR count). The first kappa shape index (κ1) is 24.8. The molecule has 2 aliphatic rings. The molecule has 0 atom stereocenters. The third kappa shape index (κ3) is 6.44. The van der Waals surface area contributed by atoms with E-state index in [2.05, 4.69) is 20.4 Å². The summed E-state index contributed by atoms with van der Waals surface area (Å²) in [6.45, 7) is 3.89. The van der Waals surface area contributed by atoms with Crippen LogP contribution in [-0.2, 0) is 16.0 Å². The van der Waals surface area contributed by atoms with Crippen molar-refractivity contribution in [1.29, 1.82) is 0 Å². The Labute approximate surface area is 204 Å². The minimum Gasteiger partial charge on any atom is -0.497 e. The smallest absolute Gasteiger partial charge is 0.270 e. The van der Waals surface area contributed by atoms with Gasteiger partial charge in [0.1, 0.15) is 23.0 Å². The average molecular weight is 484 g/mol. The minimum atomic E-state index is -0.403.